The maximum Gasteiger partial charge on any atom is 0.133 e. The van der Waals surface area contributed by atoms with E-state index in [-0.39, 0.29) is 5.41 Å². The molecule has 0 radical (unpaired) electrons. The van der Waals surface area contributed by atoms with E-state index < -0.39 is 0 Å². The fraction of sp³-hybridized carbons (Fsp3) is 0.875. The molecule has 0 heterocycles. The van der Waals surface area contributed by atoms with Crippen molar-refractivity contribution in [1.82, 2.24) is 0 Å². The van der Waals surface area contributed by atoms with Crippen molar-refractivity contribution in [3.05, 3.63) is 11.6 Å². The van der Waals surface area contributed by atoms with Gasteiger partial charge in [-0.05, 0) is 101 Å². The summed E-state index contributed by atoms with van der Waals surface area (Å²) >= 11 is 0. The number of ketones is 1. The van der Waals surface area contributed by atoms with E-state index in [2.05, 4.69) is 13.0 Å². The molecule has 0 aromatic carbocycles. The van der Waals surface area contributed by atoms with Gasteiger partial charge >= 0.3 is 0 Å². The molecular formula is C24H38O2. The number of rotatable bonds is 6. The van der Waals surface area contributed by atoms with Gasteiger partial charge in [0.1, 0.15) is 5.78 Å². The van der Waals surface area contributed by atoms with Gasteiger partial charge in [0.05, 0.1) is 12.2 Å². The van der Waals surface area contributed by atoms with Gasteiger partial charge in [0.25, 0.3) is 0 Å². The lowest BCUT2D eigenvalue weighted by Crippen LogP contribution is -2.35. The molecule has 146 valence electrons. The van der Waals surface area contributed by atoms with Gasteiger partial charge < -0.3 is 4.74 Å². The fourth-order valence-corrected chi connectivity index (χ4v) is 6.51. The maximum absolute atomic E-state index is 12.1. The van der Waals surface area contributed by atoms with Crippen LogP contribution in [0.4, 0.5) is 0 Å². The second-order valence-electron chi connectivity index (χ2n) is 10.1. The normalized spacial score (nSPS) is 40.6. The Morgan fingerprint density at radius 1 is 1.12 bits per heavy atom. The van der Waals surface area contributed by atoms with Crippen LogP contribution in [0.5, 0.6) is 0 Å². The predicted octanol–water partition coefficient (Wildman–Crippen LogP) is 6.24. The number of allylic oxidation sites excluding steroid dienone is 1. The minimum absolute atomic E-state index is 0.275. The van der Waals surface area contributed by atoms with Crippen LogP contribution in [0.25, 0.3) is 0 Å². The molecule has 0 amide bonds. The van der Waals surface area contributed by atoms with Gasteiger partial charge in [-0.2, -0.15) is 0 Å². The first kappa shape index (κ1) is 18.7. The van der Waals surface area contributed by atoms with Crippen molar-refractivity contribution in [3.63, 3.8) is 0 Å². The molecular weight excluding hydrogens is 320 g/mol. The van der Waals surface area contributed by atoms with Crippen LogP contribution in [0.3, 0.4) is 0 Å². The predicted molar refractivity (Wildman–Crippen MR) is 106 cm³/mol. The van der Waals surface area contributed by atoms with Gasteiger partial charge in [-0.25, -0.2) is 0 Å². The van der Waals surface area contributed by atoms with Crippen LogP contribution in [-0.4, -0.2) is 18.0 Å². The van der Waals surface area contributed by atoms with Crippen molar-refractivity contribution < 1.29 is 9.53 Å². The van der Waals surface area contributed by atoms with E-state index in [9.17, 15) is 4.79 Å². The van der Waals surface area contributed by atoms with Gasteiger partial charge in [0.2, 0.25) is 0 Å². The molecule has 2 heteroatoms. The van der Waals surface area contributed by atoms with Gasteiger partial charge in [0, 0.05) is 5.92 Å². The monoisotopic (exact) mass is 358 g/mol. The summed E-state index contributed by atoms with van der Waals surface area (Å²) in [6, 6.07) is 0. The van der Waals surface area contributed by atoms with Crippen molar-refractivity contribution in [2.45, 2.75) is 110 Å². The number of carbonyl (C=O) groups is 1. The van der Waals surface area contributed by atoms with Gasteiger partial charge in [0.15, 0.2) is 0 Å². The zero-order valence-corrected chi connectivity index (χ0v) is 17.0. The highest BCUT2D eigenvalue weighted by atomic mass is 16.5. The fourth-order valence-electron chi connectivity index (χ4n) is 6.51. The summed E-state index contributed by atoms with van der Waals surface area (Å²) in [5, 5.41) is 0. The quantitative estimate of drug-likeness (QED) is 0.526. The van der Waals surface area contributed by atoms with E-state index in [0.29, 0.717) is 23.9 Å². The summed E-state index contributed by atoms with van der Waals surface area (Å²) in [7, 11) is 0. The van der Waals surface area contributed by atoms with Crippen LogP contribution in [-0.2, 0) is 9.53 Å². The number of fused-ring (bicyclic) bond motifs is 1. The molecule has 2 nitrogen and oxygen atoms in total. The Hall–Kier alpha value is -0.630. The average Bonchev–Trinajstić information content (AvgIpc) is 2.98. The standard InChI is InChI=1S/C24H38O2/c1-17(25)23-10-5-14-24(23,2)15-13-18-6-3-7-19-16-21(11-12-22(18)19)26-20-8-4-9-20/h7,18,20-23H,3-6,8-16H2,1-2H3/t18?,21-,22?,23?,24?/m0/s1. The van der Waals surface area contributed by atoms with Gasteiger partial charge in [-0.3, -0.25) is 4.79 Å². The van der Waals surface area contributed by atoms with E-state index in [4.69, 9.17) is 4.74 Å². The van der Waals surface area contributed by atoms with Crippen LogP contribution in [0.15, 0.2) is 11.6 Å². The first-order chi connectivity index (χ1) is 12.5. The molecule has 0 N–H and O–H groups in total. The van der Waals surface area contributed by atoms with E-state index in [1.807, 2.05) is 6.92 Å². The molecule has 3 fully saturated rings. The maximum atomic E-state index is 12.1. The minimum atomic E-state index is 0.275. The van der Waals surface area contributed by atoms with E-state index >= 15 is 0 Å². The molecule has 4 rings (SSSR count). The average molecular weight is 359 g/mol. The number of carbonyl (C=O) groups excluding carboxylic acids is 1. The highest BCUT2D eigenvalue weighted by Crippen LogP contribution is 2.50. The molecule has 0 saturated heterocycles. The molecule has 4 aliphatic carbocycles. The van der Waals surface area contributed by atoms with Crippen LogP contribution in [0.2, 0.25) is 0 Å². The molecule has 0 aromatic rings. The highest BCUT2D eigenvalue weighted by Gasteiger charge is 2.42. The van der Waals surface area contributed by atoms with Crippen molar-refractivity contribution in [2.24, 2.45) is 23.2 Å². The summed E-state index contributed by atoms with van der Waals surface area (Å²) in [5.74, 6) is 2.42. The third-order valence-electron chi connectivity index (χ3n) is 8.35. The van der Waals surface area contributed by atoms with Crippen LogP contribution in [0.1, 0.15) is 97.3 Å². The van der Waals surface area contributed by atoms with Crippen molar-refractivity contribution >= 4 is 5.78 Å². The lowest BCUT2D eigenvalue weighted by atomic mass is 9.66. The largest absolute Gasteiger partial charge is 0.375 e. The third kappa shape index (κ3) is 3.81. The second kappa shape index (κ2) is 7.78. The number of Topliss-reactive ketones (excluding diaryl/α,β-unsaturated/α-hetero) is 1. The first-order valence-electron chi connectivity index (χ1n) is 11.4. The Balaban J connectivity index is 1.32. The Kier molecular flexibility index (Phi) is 5.60. The Bertz CT molecular complexity index is 546. The smallest absolute Gasteiger partial charge is 0.133 e. The number of hydrogen-bond acceptors (Lipinski definition) is 2. The molecule has 0 aromatic heterocycles. The summed E-state index contributed by atoms with van der Waals surface area (Å²) in [6.07, 6.45) is 20.2. The van der Waals surface area contributed by atoms with Gasteiger partial charge in [-0.1, -0.05) is 25.0 Å². The van der Waals surface area contributed by atoms with E-state index in [0.717, 1.165) is 18.3 Å². The topological polar surface area (TPSA) is 26.3 Å². The molecule has 26 heavy (non-hydrogen) atoms. The summed E-state index contributed by atoms with van der Waals surface area (Å²) in [5.41, 5.74) is 1.99. The highest BCUT2D eigenvalue weighted by molar-refractivity contribution is 5.79. The molecule has 4 aliphatic rings. The Morgan fingerprint density at radius 2 is 1.96 bits per heavy atom. The summed E-state index contributed by atoms with van der Waals surface area (Å²) in [6.45, 7) is 4.22. The molecule has 3 saturated carbocycles. The lowest BCUT2D eigenvalue weighted by molar-refractivity contribution is -0.123. The van der Waals surface area contributed by atoms with Crippen LogP contribution >= 0.6 is 0 Å². The third-order valence-corrected chi connectivity index (χ3v) is 8.35. The van der Waals surface area contributed by atoms with E-state index in [1.165, 1.54) is 77.0 Å². The van der Waals surface area contributed by atoms with E-state index in [1.54, 1.807) is 5.57 Å². The summed E-state index contributed by atoms with van der Waals surface area (Å²) in [4.78, 5) is 12.1. The zero-order valence-electron chi connectivity index (χ0n) is 17.0. The summed E-state index contributed by atoms with van der Waals surface area (Å²) < 4.78 is 6.33. The SMILES string of the molecule is CC(=O)C1CCCC1(C)CCC1CCC=C2C[C@@H](OC3CCC3)CCC21. The number of ether oxygens (including phenoxy) is 1. The Labute approximate surface area is 160 Å². The second-order valence-corrected chi connectivity index (χ2v) is 10.1. The van der Waals surface area contributed by atoms with Crippen molar-refractivity contribution in [3.8, 4) is 0 Å². The molecule has 0 spiro atoms. The molecule has 5 atom stereocenters. The number of hydrogen-bond donors (Lipinski definition) is 0. The lowest BCUT2D eigenvalue weighted by Gasteiger charge is -2.42. The molecule has 0 bridgehead atoms. The van der Waals surface area contributed by atoms with Crippen molar-refractivity contribution in [2.75, 3.05) is 0 Å². The Morgan fingerprint density at radius 3 is 2.69 bits per heavy atom. The first-order valence-corrected chi connectivity index (χ1v) is 11.4. The van der Waals surface area contributed by atoms with Crippen LogP contribution < -0.4 is 0 Å². The van der Waals surface area contributed by atoms with Crippen LogP contribution in [0, 0.1) is 23.2 Å². The molecule has 0 aliphatic heterocycles. The zero-order chi connectivity index (χ0) is 18.1. The van der Waals surface area contributed by atoms with Crippen molar-refractivity contribution in [1.29, 1.82) is 0 Å². The van der Waals surface area contributed by atoms with Gasteiger partial charge in [-0.15, -0.1) is 0 Å². The molecule has 4 unspecified atom stereocenters. The minimum Gasteiger partial charge on any atom is -0.375 e.